The number of hydrogen-bond acceptors (Lipinski definition) is 8. The first-order valence-corrected chi connectivity index (χ1v) is 11.7. The Bertz CT molecular complexity index is 1210. The number of likely N-dealkylation sites (tertiary alicyclic amines) is 1. The van der Waals surface area contributed by atoms with Crippen molar-refractivity contribution in [1.82, 2.24) is 24.4 Å². The lowest BCUT2D eigenvalue weighted by Gasteiger charge is -2.29. The highest BCUT2D eigenvalue weighted by molar-refractivity contribution is 5.84. The zero-order chi connectivity index (χ0) is 24.5. The molecular formula is C23H28F2N8O2. The fourth-order valence-corrected chi connectivity index (χ4v) is 4.50. The van der Waals surface area contributed by atoms with Crippen LogP contribution >= 0.6 is 0 Å². The number of morpholine rings is 1. The number of benzene rings is 1. The van der Waals surface area contributed by atoms with Crippen LogP contribution in [0.3, 0.4) is 0 Å². The second-order valence-corrected chi connectivity index (χ2v) is 8.80. The number of nitrogens with one attached hydrogen (secondary N) is 1. The molecule has 2 saturated heterocycles. The summed E-state index contributed by atoms with van der Waals surface area (Å²) in [7, 11) is 0. The molecule has 10 nitrogen and oxygen atoms in total. The summed E-state index contributed by atoms with van der Waals surface area (Å²) in [5.41, 5.74) is 6.90. The van der Waals surface area contributed by atoms with Crippen molar-refractivity contribution in [3.05, 3.63) is 36.2 Å². The van der Waals surface area contributed by atoms with Gasteiger partial charge in [0.05, 0.1) is 24.2 Å². The van der Waals surface area contributed by atoms with Gasteiger partial charge in [-0.1, -0.05) is 12.1 Å². The Morgan fingerprint density at radius 2 is 1.89 bits per heavy atom. The van der Waals surface area contributed by atoms with Crippen LogP contribution in [0.15, 0.2) is 30.3 Å². The molecule has 35 heavy (non-hydrogen) atoms. The van der Waals surface area contributed by atoms with Gasteiger partial charge in [-0.05, 0) is 25.5 Å². The van der Waals surface area contributed by atoms with Crippen LogP contribution in [-0.4, -0.2) is 81.8 Å². The highest BCUT2D eigenvalue weighted by atomic mass is 19.3. The van der Waals surface area contributed by atoms with E-state index in [0.717, 1.165) is 6.42 Å². The molecule has 12 heteroatoms. The van der Waals surface area contributed by atoms with Gasteiger partial charge in [-0.2, -0.15) is 9.97 Å². The average Bonchev–Trinajstić information content (AvgIpc) is 3.48. The summed E-state index contributed by atoms with van der Waals surface area (Å²) in [5.74, 6) is 0.462. The molecule has 0 spiro atoms. The second kappa shape index (κ2) is 9.70. The maximum Gasteiger partial charge on any atom is 0.296 e. The third-order valence-electron chi connectivity index (χ3n) is 6.30. The lowest BCUT2D eigenvalue weighted by molar-refractivity contribution is -0.130. The van der Waals surface area contributed by atoms with Crippen molar-refractivity contribution in [3.8, 4) is 5.82 Å². The molecule has 3 aromatic rings. The summed E-state index contributed by atoms with van der Waals surface area (Å²) in [5, 5.41) is 3.08. The summed E-state index contributed by atoms with van der Waals surface area (Å²) in [4.78, 5) is 29.9. The molecule has 3 N–H and O–H groups in total. The number of hydrogen-bond donors (Lipinski definition) is 2. The van der Waals surface area contributed by atoms with Crippen molar-refractivity contribution in [3.63, 3.8) is 0 Å². The summed E-state index contributed by atoms with van der Waals surface area (Å²) in [6.45, 7) is 5.10. The maximum atomic E-state index is 14.0. The smallest absolute Gasteiger partial charge is 0.296 e. The van der Waals surface area contributed by atoms with Gasteiger partial charge in [-0.3, -0.25) is 9.36 Å². The minimum absolute atomic E-state index is 0.0269. The van der Waals surface area contributed by atoms with Crippen molar-refractivity contribution in [2.24, 2.45) is 5.73 Å². The molecule has 0 bridgehead atoms. The zero-order valence-electron chi connectivity index (χ0n) is 19.4. The predicted molar refractivity (Wildman–Crippen MR) is 127 cm³/mol. The number of anilines is 2. The molecule has 1 amide bonds. The Morgan fingerprint density at radius 1 is 1.14 bits per heavy atom. The Balaban J connectivity index is 1.54. The van der Waals surface area contributed by atoms with Gasteiger partial charge in [0, 0.05) is 38.3 Å². The van der Waals surface area contributed by atoms with Gasteiger partial charge in [-0.15, -0.1) is 0 Å². The van der Waals surface area contributed by atoms with Crippen LogP contribution in [0.25, 0.3) is 16.9 Å². The number of nitrogens with zero attached hydrogens (tertiary/aromatic N) is 6. The first-order valence-electron chi connectivity index (χ1n) is 11.7. The van der Waals surface area contributed by atoms with E-state index in [1.807, 2.05) is 4.90 Å². The van der Waals surface area contributed by atoms with Gasteiger partial charge in [0.2, 0.25) is 11.9 Å². The van der Waals surface area contributed by atoms with E-state index in [1.165, 1.54) is 4.57 Å². The fraction of sp³-hybridized carbons (Fsp3) is 0.478. The molecule has 2 fully saturated rings. The fourth-order valence-electron chi connectivity index (χ4n) is 4.50. The summed E-state index contributed by atoms with van der Waals surface area (Å²) >= 11 is 0. The predicted octanol–water partition coefficient (Wildman–Crippen LogP) is 1.95. The monoisotopic (exact) mass is 486 g/mol. The molecule has 5 rings (SSSR count). The van der Waals surface area contributed by atoms with E-state index >= 15 is 0 Å². The third kappa shape index (κ3) is 4.76. The number of rotatable bonds is 6. The second-order valence-electron chi connectivity index (χ2n) is 8.80. The molecule has 0 saturated carbocycles. The van der Waals surface area contributed by atoms with Crippen LogP contribution in [0.5, 0.6) is 0 Å². The number of imidazole rings is 1. The van der Waals surface area contributed by atoms with Crippen LogP contribution in [0.1, 0.15) is 25.6 Å². The lowest BCUT2D eigenvalue weighted by Crippen LogP contribution is -2.41. The van der Waals surface area contributed by atoms with Crippen molar-refractivity contribution in [2.75, 3.05) is 49.6 Å². The SMILES string of the molecule is C[C@H](Nc1nc(N2CCOCC2)cc(-n2c(C(F)F)nc3ccccc32)n1)C(=O)N1CC[C@@H](N)C1. The van der Waals surface area contributed by atoms with Crippen molar-refractivity contribution in [1.29, 1.82) is 0 Å². The minimum Gasteiger partial charge on any atom is -0.378 e. The molecule has 2 atom stereocenters. The third-order valence-corrected chi connectivity index (χ3v) is 6.30. The normalized spacial score (nSPS) is 19.5. The Labute approximate surface area is 201 Å². The van der Waals surface area contributed by atoms with Gasteiger partial charge in [0.25, 0.3) is 6.43 Å². The quantitative estimate of drug-likeness (QED) is 0.544. The summed E-state index contributed by atoms with van der Waals surface area (Å²) < 4.78 is 34.8. The van der Waals surface area contributed by atoms with E-state index < -0.39 is 18.3 Å². The lowest BCUT2D eigenvalue weighted by atomic mass is 10.3. The van der Waals surface area contributed by atoms with Crippen LogP contribution in [0.2, 0.25) is 0 Å². The van der Waals surface area contributed by atoms with Gasteiger partial charge >= 0.3 is 0 Å². The highest BCUT2D eigenvalue weighted by Gasteiger charge is 2.28. The van der Waals surface area contributed by atoms with E-state index in [4.69, 9.17) is 10.5 Å². The van der Waals surface area contributed by atoms with Crippen LogP contribution < -0.4 is 16.0 Å². The van der Waals surface area contributed by atoms with E-state index in [1.54, 1.807) is 42.2 Å². The Hall–Kier alpha value is -3.38. The van der Waals surface area contributed by atoms with Gasteiger partial charge < -0.3 is 25.6 Å². The Kier molecular flexibility index (Phi) is 6.48. The molecule has 0 unspecified atom stereocenters. The molecule has 2 aromatic heterocycles. The number of alkyl halides is 2. The van der Waals surface area contributed by atoms with Gasteiger partial charge in [-0.25, -0.2) is 13.8 Å². The van der Waals surface area contributed by atoms with Gasteiger partial charge in [0.15, 0.2) is 5.82 Å². The first-order chi connectivity index (χ1) is 16.9. The van der Waals surface area contributed by atoms with Crippen molar-refractivity contribution in [2.45, 2.75) is 31.9 Å². The molecule has 2 aliphatic heterocycles. The average molecular weight is 487 g/mol. The number of aromatic nitrogens is 4. The number of nitrogens with two attached hydrogens (primary N) is 1. The van der Waals surface area contributed by atoms with Crippen LogP contribution in [0, 0.1) is 0 Å². The number of carbonyl (C=O) groups excluding carboxylic acids is 1. The number of ether oxygens (including phenoxy) is 1. The van der Waals surface area contributed by atoms with E-state index in [-0.39, 0.29) is 23.7 Å². The van der Waals surface area contributed by atoms with Crippen molar-refractivity contribution < 1.29 is 18.3 Å². The van der Waals surface area contributed by atoms with Crippen LogP contribution in [-0.2, 0) is 9.53 Å². The van der Waals surface area contributed by atoms with Crippen molar-refractivity contribution >= 4 is 28.7 Å². The molecule has 4 heterocycles. The molecule has 1 aromatic carbocycles. The minimum atomic E-state index is -2.81. The molecule has 0 aliphatic carbocycles. The van der Waals surface area contributed by atoms with Crippen LogP contribution in [0.4, 0.5) is 20.5 Å². The standard InChI is InChI=1S/C23H28F2N8O2/c1-14(22(34)32-7-6-15(26)13-32)27-23-29-18(31-8-10-35-11-9-31)12-19(30-23)33-17-5-3-2-4-16(17)28-21(33)20(24)25/h2-5,12,14-15,20H,6-11,13,26H2,1H3,(H,27,29,30)/t14-,15+/m0/s1. The van der Waals surface area contributed by atoms with E-state index in [2.05, 4.69) is 20.3 Å². The van der Waals surface area contributed by atoms with E-state index in [9.17, 15) is 13.6 Å². The first kappa shape index (κ1) is 23.4. The highest BCUT2D eigenvalue weighted by Crippen LogP contribution is 2.29. The molecular weight excluding hydrogens is 458 g/mol. The number of halogens is 2. The number of fused-ring (bicyclic) bond motifs is 1. The Morgan fingerprint density at radius 3 is 2.60 bits per heavy atom. The number of para-hydroxylation sites is 2. The maximum absolute atomic E-state index is 14.0. The van der Waals surface area contributed by atoms with E-state index in [0.29, 0.717) is 56.2 Å². The summed E-state index contributed by atoms with van der Waals surface area (Å²) in [6.07, 6.45) is -2.05. The summed E-state index contributed by atoms with van der Waals surface area (Å²) in [6, 6.07) is 7.94. The largest absolute Gasteiger partial charge is 0.378 e. The zero-order valence-corrected chi connectivity index (χ0v) is 19.4. The molecule has 0 radical (unpaired) electrons. The molecule has 186 valence electrons. The molecule has 2 aliphatic rings. The van der Waals surface area contributed by atoms with Gasteiger partial charge in [0.1, 0.15) is 17.7 Å². The number of amides is 1. The topological polar surface area (TPSA) is 114 Å². The number of carbonyl (C=O) groups is 1.